The molecule has 14 nitrogen and oxygen atoms in total. The number of nitrogens with zero attached hydrogens (tertiary/aromatic N) is 3. The molecule has 1 heterocycles. The normalized spacial score (nSPS) is 17.9. The Hall–Kier alpha value is -4.53. The summed E-state index contributed by atoms with van der Waals surface area (Å²) in [6.07, 6.45) is 1.41. The van der Waals surface area contributed by atoms with Crippen molar-refractivity contribution in [2.24, 2.45) is 23.7 Å². The Balaban J connectivity index is 1.77. The molecule has 4 N–H and O–H groups in total. The van der Waals surface area contributed by atoms with E-state index in [2.05, 4.69) is 21.3 Å². The van der Waals surface area contributed by atoms with Gasteiger partial charge in [-0.2, -0.15) is 0 Å². The molecule has 2 aromatic rings. The summed E-state index contributed by atoms with van der Waals surface area (Å²) in [5, 5.41) is 12.3. The van der Waals surface area contributed by atoms with Gasteiger partial charge in [-0.1, -0.05) is 97.4 Å². The number of rotatable bonds is 25. The molecule has 63 heavy (non-hydrogen) atoms. The number of carbonyl (C=O) groups excluding carboxylic acids is 5. The van der Waals surface area contributed by atoms with Crippen molar-refractivity contribution in [3.8, 4) is 0 Å². The summed E-state index contributed by atoms with van der Waals surface area (Å²) in [5.41, 5.74) is 2.94. The van der Waals surface area contributed by atoms with E-state index in [0.29, 0.717) is 25.9 Å². The van der Waals surface area contributed by atoms with Crippen LogP contribution in [0.2, 0.25) is 0 Å². The quantitative estimate of drug-likeness (QED) is 0.106. The summed E-state index contributed by atoms with van der Waals surface area (Å²) in [5.74, 6) is -1.87. The molecule has 1 aliphatic heterocycles. The summed E-state index contributed by atoms with van der Waals surface area (Å²) in [4.78, 5) is 75.0. The molecule has 352 valence electrons. The van der Waals surface area contributed by atoms with Gasteiger partial charge in [-0.15, -0.1) is 0 Å². The maximum atomic E-state index is 14.4. The third-order valence-electron chi connectivity index (χ3n) is 12.8. The SMILES string of the molecule is CC[C@H](C)[C@@H]([C@@H](CC(=O)N1CCC[C@H]1[C@H](OC)[C@@H](C)C(=O)N[C@@H](CC(=O)NCc1ccc(NC)cc1)Cc1ccccc1)OC)N(C)C(=O)[C@@H](NC(=O)[C@H](C(C)C)N(C)C)C(C)C. The zero-order valence-electron chi connectivity index (χ0n) is 40.4. The minimum atomic E-state index is -0.774. The second-order valence-electron chi connectivity index (χ2n) is 18.3. The number of nitrogens with one attached hydrogen (secondary N) is 4. The van der Waals surface area contributed by atoms with E-state index in [0.717, 1.165) is 29.7 Å². The van der Waals surface area contributed by atoms with Crippen molar-refractivity contribution < 1.29 is 33.4 Å². The third kappa shape index (κ3) is 15.0. The molecular weight excluding hydrogens is 799 g/mol. The molecule has 0 unspecified atom stereocenters. The monoisotopic (exact) mass is 878 g/mol. The first-order valence-electron chi connectivity index (χ1n) is 22.8. The number of hydrogen-bond donors (Lipinski definition) is 4. The molecule has 1 saturated heterocycles. The molecule has 1 aliphatic rings. The van der Waals surface area contributed by atoms with E-state index in [-0.39, 0.29) is 66.2 Å². The van der Waals surface area contributed by atoms with Crippen molar-refractivity contribution in [1.82, 2.24) is 30.7 Å². The Morgan fingerprint density at radius 1 is 0.810 bits per heavy atom. The van der Waals surface area contributed by atoms with Crippen LogP contribution >= 0.6 is 0 Å². The smallest absolute Gasteiger partial charge is 0.245 e. The lowest BCUT2D eigenvalue weighted by atomic mass is 9.89. The van der Waals surface area contributed by atoms with Crippen LogP contribution in [0.25, 0.3) is 0 Å². The molecular formula is C49H79N7O7. The highest BCUT2D eigenvalue weighted by atomic mass is 16.5. The number of amides is 5. The Kier molecular flexibility index (Phi) is 21.5. The van der Waals surface area contributed by atoms with Crippen LogP contribution in [0.4, 0.5) is 5.69 Å². The Morgan fingerprint density at radius 3 is 2.00 bits per heavy atom. The van der Waals surface area contributed by atoms with Gasteiger partial charge in [-0.25, -0.2) is 0 Å². The minimum absolute atomic E-state index is 0.0132. The molecule has 2 aromatic carbocycles. The molecule has 0 bridgehead atoms. The molecule has 0 aromatic heterocycles. The second-order valence-corrected chi connectivity index (χ2v) is 18.3. The topological polar surface area (TPSA) is 162 Å². The lowest BCUT2D eigenvalue weighted by Gasteiger charge is -2.41. The Bertz CT molecular complexity index is 1730. The maximum Gasteiger partial charge on any atom is 0.245 e. The zero-order chi connectivity index (χ0) is 47.0. The molecule has 0 aliphatic carbocycles. The van der Waals surface area contributed by atoms with Crippen molar-refractivity contribution in [2.45, 2.75) is 136 Å². The van der Waals surface area contributed by atoms with Crippen molar-refractivity contribution in [1.29, 1.82) is 0 Å². The van der Waals surface area contributed by atoms with Gasteiger partial charge in [0.2, 0.25) is 29.5 Å². The van der Waals surface area contributed by atoms with Gasteiger partial charge < -0.3 is 40.5 Å². The maximum absolute atomic E-state index is 14.4. The summed E-state index contributed by atoms with van der Waals surface area (Å²) in [6, 6.07) is 15.1. The number of methoxy groups -OCH3 is 2. The minimum Gasteiger partial charge on any atom is -0.388 e. The number of ether oxygens (including phenoxy) is 2. The van der Waals surface area contributed by atoms with Gasteiger partial charge in [0, 0.05) is 59.6 Å². The van der Waals surface area contributed by atoms with Crippen molar-refractivity contribution in [3.63, 3.8) is 0 Å². The number of hydrogen-bond acceptors (Lipinski definition) is 9. The Morgan fingerprint density at radius 2 is 1.46 bits per heavy atom. The van der Waals surface area contributed by atoms with Gasteiger partial charge in [-0.3, -0.25) is 28.9 Å². The molecule has 5 amide bonds. The van der Waals surface area contributed by atoms with E-state index in [1.807, 2.05) is 134 Å². The van der Waals surface area contributed by atoms with Crippen LogP contribution in [0.15, 0.2) is 54.6 Å². The average molecular weight is 878 g/mol. The van der Waals surface area contributed by atoms with Gasteiger partial charge in [0.25, 0.3) is 0 Å². The fourth-order valence-corrected chi connectivity index (χ4v) is 9.10. The van der Waals surface area contributed by atoms with Gasteiger partial charge in [-0.05, 0) is 74.4 Å². The van der Waals surface area contributed by atoms with E-state index in [4.69, 9.17) is 9.47 Å². The molecule has 0 spiro atoms. The third-order valence-corrected chi connectivity index (χ3v) is 12.8. The van der Waals surface area contributed by atoms with Gasteiger partial charge in [0.05, 0.1) is 42.7 Å². The number of likely N-dealkylation sites (N-methyl/N-ethyl adjacent to an activating group) is 2. The summed E-state index contributed by atoms with van der Waals surface area (Å²) < 4.78 is 12.1. The fraction of sp³-hybridized carbons (Fsp3) is 0.653. The summed E-state index contributed by atoms with van der Waals surface area (Å²) >= 11 is 0. The second kappa shape index (κ2) is 25.7. The van der Waals surface area contributed by atoms with Crippen LogP contribution in [0.1, 0.15) is 91.7 Å². The van der Waals surface area contributed by atoms with Crippen molar-refractivity contribution >= 4 is 35.2 Å². The van der Waals surface area contributed by atoms with Gasteiger partial charge >= 0.3 is 0 Å². The highest BCUT2D eigenvalue weighted by Crippen LogP contribution is 2.30. The number of benzene rings is 2. The summed E-state index contributed by atoms with van der Waals surface area (Å²) in [7, 11) is 10.4. The highest BCUT2D eigenvalue weighted by Gasteiger charge is 2.43. The Labute approximate surface area is 377 Å². The fourth-order valence-electron chi connectivity index (χ4n) is 9.10. The highest BCUT2D eigenvalue weighted by molar-refractivity contribution is 5.90. The molecule has 1 fully saturated rings. The van der Waals surface area contributed by atoms with Crippen molar-refractivity contribution in [2.75, 3.05) is 54.3 Å². The molecule has 14 heteroatoms. The lowest BCUT2D eigenvalue weighted by Crippen LogP contribution is -2.59. The number of carbonyl (C=O) groups is 5. The molecule has 9 atom stereocenters. The van der Waals surface area contributed by atoms with Crippen LogP contribution < -0.4 is 21.3 Å². The predicted molar refractivity (Wildman–Crippen MR) is 250 cm³/mol. The van der Waals surface area contributed by atoms with E-state index < -0.39 is 42.3 Å². The first-order chi connectivity index (χ1) is 29.9. The van der Waals surface area contributed by atoms with E-state index >= 15 is 0 Å². The zero-order valence-corrected chi connectivity index (χ0v) is 40.4. The molecule has 3 rings (SSSR count). The van der Waals surface area contributed by atoms with E-state index in [1.54, 1.807) is 26.2 Å². The number of anilines is 1. The predicted octanol–water partition coefficient (Wildman–Crippen LogP) is 5.11. The first-order valence-corrected chi connectivity index (χ1v) is 22.8. The van der Waals surface area contributed by atoms with Crippen LogP contribution in [0, 0.1) is 23.7 Å². The standard InChI is InChI=1S/C49H79N7O7/c1-14-33(6)45(55(11)49(61)43(31(2)3)53-48(60)44(32(4)5)54(9)10)40(62-12)29-42(58)56-26-18-21-39(56)46(63-13)34(7)47(59)52-38(27-35-19-16-15-17-20-35)28-41(57)51-30-36-22-24-37(50-8)25-23-36/h15-17,19-20,22-25,31-34,38-40,43-46,50H,14,18,21,26-30H2,1-13H3,(H,51,57)(H,52,59)(H,53,60)/t33-,34+,38+,39-,40+,43-,44-,45-,46+/m0/s1. The lowest BCUT2D eigenvalue weighted by molar-refractivity contribution is -0.148. The van der Waals surface area contributed by atoms with E-state index in [1.165, 1.54) is 0 Å². The largest absolute Gasteiger partial charge is 0.388 e. The van der Waals surface area contributed by atoms with Crippen LogP contribution in [-0.4, -0.2) is 136 Å². The van der Waals surface area contributed by atoms with Crippen LogP contribution in [0.3, 0.4) is 0 Å². The first kappa shape index (κ1) is 52.8. The molecule has 0 radical (unpaired) electrons. The van der Waals surface area contributed by atoms with Crippen LogP contribution in [-0.2, 0) is 46.4 Å². The molecule has 0 saturated carbocycles. The van der Waals surface area contributed by atoms with Crippen molar-refractivity contribution in [3.05, 3.63) is 65.7 Å². The van der Waals surface area contributed by atoms with Gasteiger partial charge in [0.15, 0.2) is 0 Å². The number of likely N-dealkylation sites (tertiary alicyclic amines) is 1. The summed E-state index contributed by atoms with van der Waals surface area (Å²) in [6.45, 7) is 14.6. The average Bonchev–Trinajstić information content (AvgIpc) is 3.74. The van der Waals surface area contributed by atoms with E-state index in [9.17, 15) is 24.0 Å². The van der Waals surface area contributed by atoms with Gasteiger partial charge in [0.1, 0.15) is 6.04 Å². The van der Waals surface area contributed by atoms with Crippen LogP contribution in [0.5, 0.6) is 0 Å².